The summed E-state index contributed by atoms with van der Waals surface area (Å²) < 4.78 is 67.0. The van der Waals surface area contributed by atoms with Crippen LogP contribution < -0.4 is 0 Å². The normalized spacial score (nSPS) is 26.8. The van der Waals surface area contributed by atoms with Gasteiger partial charge in [-0.05, 0) is 13.8 Å². The summed E-state index contributed by atoms with van der Waals surface area (Å²) in [6.07, 6.45) is -8.73. The van der Waals surface area contributed by atoms with Crippen molar-refractivity contribution in [2.45, 2.75) is 32.2 Å². The molecule has 0 aliphatic carbocycles. The number of allylic oxidation sites excluding steroid dienone is 1. The molecule has 0 spiro atoms. The number of morpholine rings is 1. The summed E-state index contributed by atoms with van der Waals surface area (Å²) in [4.78, 5) is 0.633. The Morgan fingerprint density at radius 1 is 1.12 bits per heavy atom. The van der Waals surface area contributed by atoms with Crippen LogP contribution in [-0.2, 0) is 4.74 Å². The first-order valence-electron chi connectivity index (χ1n) is 4.74. The van der Waals surface area contributed by atoms with Crippen molar-refractivity contribution < 1.29 is 26.7 Å². The quantitative estimate of drug-likeness (QED) is 0.658. The van der Waals surface area contributed by atoms with Crippen LogP contribution in [0.5, 0.6) is 0 Å². The van der Waals surface area contributed by atoms with E-state index in [4.69, 9.17) is 4.74 Å². The average Bonchev–Trinajstić information content (AvgIpc) is 1.96. The van der Waals surface area contributed by atoms with Gasteiger partial charge in [0.05, 0.1) is 12.2 Å². The van der Waals surface area contributed by atoms with Gasteiger partial charge in [-0.25, -0.2) is 0 Å². The van der Waals surface area contributed by atoms with Gasteiger partial charge in [-0.3, -0.25) is 0 Å². The molecule has 2 atom stereocenters. The molecule has 0 radical (unpaired) electrons. The first-order chi connectivity index (χ1) is 7.21. The number of hydrogen-bond donors (Lipinski definition) is 0. The molecular formula is C9H12F5NO. The van der Waals surface area contributed by atoms with Gasteiger partial charge >= 0.3 is 6.18 Å². The molecule has 2 unspecified atom stereocenters. The van der Waals surface area contributed by atoms with Gasteiger partial charge in [0.1, 0.15) is 0 Å². The molecule has 0 aromatic rings. The number of halogens is 5. The maximum Gasteiger partial charge on any atom is 0.436 e. The van der Waals surface area contributed by atoms with Crippen LogP contribution in [0.25, 0.3) is 0 Å². The zero-order valence-electron chi connectivity index (χ0n) is 8.81. The highest BCUT2D eigenvalue weighted by Crippen LogP contribution is 2.33. The Kier molecular flexibility index (Phi) is 3.77. The van der Waals surface area contributed by atoms with E-state index in [1.807, 2.05) is 0 Å². The Morgan fingerprint density at radius 2 is 1.56 bits per heavy atom. The van der Waals surface area contributed by atoms with Crippen LogP contribution in [-0.4, -0.2) is 36.4 Å². The number of ether oxygens (including phenoxy) is 1. The van der Waals surface area contributed by atoms with E-state index in [9.17, 15) is 22.0 Å². The molecule has 0 aromatic heterocycles. The Bertz CT molecular complexity index is 274. The summed E-state index contributed by atoms with van der Waals surface area (Å²) in [6.45, 7) is 2.73. The van der Waals surface area contributed by atoms with Crippen LogP contribution in [0.1, 0.15) is 13.8 Å². The summed E-state index contributed by atoms with van der Waals surface area (Å²) in [7, 11) is 0. The Labute approximate surface area is 89.7 Å². The fraction of sp³-hybridized carbons (Fsp3) is 0.778. The lowest BCUT2D eigenvalue weighted by molar-refractivity contribution is -0.135. The highest BCUT2D eigenvalue weighted by Gasteiger charge is 2.43. The smallest absolute Gasteiger partial charge is 0.372 e. The van der Waals surface area contributed by atoms with Gasteiger partial charge in [-0.15, -0.1) is 0 Å². The van der Waals surface area contributed by atoms with E-state index in [0.717, 1.165) is 0 Å². The molecule has 7 heteroatoms. The minimum Gasteiger partial charge on any atom is -0.372 e. The highest BCUT2D eigenvalue weighted by molar-refractivity contribution is 5.10. The van der Waals surface area contributed by atoms with Crippen LogP contribution in [0.4, 0.5) is 22.0 Å². The average molecular weight is 245 g/mol. The standard InChI is InChI=1S/C9H12F5NO/c1-5-3-15(4-6(2)16-5)7(8(10)11)9(12,13)14/h5-6H,3-4H2,1-2H3. The molecule has 1 rings (SSSR count). The SMILES string of the molecule is CC1CN(C(=C(F)F)C(F)(F)F)CC(C)O1. The van der Waals surface area contributed by atoms with Gasteiger partial charge in [-0.2, -0.15) is 22.0 Å². The minimum atomic E-state index is -5.03. The Morgan fingerprint density at radius 3 is 1.88 bits per heavy atom. The summed E-state index contributed by atoms with van der Waals surface area (Å²) in [5.74, 6) is 0. The molecule has 2 nitrogen and oxygen atoms in total. The second kappa shape index (κ2) is 4.57. The molecular weight excluding hydrogens is 233 g/mol. The van der Waals surface area contributed by atoms with Crippen LogP contribution >= 0.6 is 0 Å². The maximum atomic E-state index is 12.4. The van der Waals surface area contributed by atoms with Crippen molar-refractivity contribution >= 4 is 0 Å². The number of nitrogens with zero attached hydrogens (tertiary/aromatic N) is 1. The van der Waals surface area contributed by atoms with Gasteiger partial charge < -0.3 is 9.64 Å². The lowest BCUT2D eigenvalue weighted by atomic mass is 10.2. The number of rotatable bonds is 1. The molecule has 16 heavy (non-hydrogen) atoms. The molecule has 1 saturated heterocycles. The molecule has 1 aliphatic rings. The molecule has 1 aliphatic heterocycles. The van der Waals surface area contributed by atoms with E-state index in [0.29, 0.717) is 4.90 Å². The van der Waals surface area contributed by atoms with E-state index >= 15 is 0 Å². The number of alkyl halides is 3. The van der Waals surface area contributed by atoms with Crippen molar-refractivity contribution in [3.05, 3.63) is 11.8 Å². The van der Waals surface area contributed by atoms with Crippen molar-refractivity contribution in [3.8, 4) is 0 Å². The third kappa shape index (κ3) is 3.07. The molecule has 0 bridgehead atoms. The van der Waals surface area contributed by atoms with Crippen LogP contribution in [0, 0.1) is 0 Å². The third-order valence-electron chi connectivity index (χ3n) is 2.18. The van der Waals surface area contributed by atoms with E-state index in [-0.39, 0.29) is 13.1 Å². The minimum absolute atomic E-state index is 0.184. The fourth-order valence-electron chi connectivity index (χ4n) is 1.77. The van der Waals surface area contributed by atoms with Crippen LogP contribution in [0.15, 0.2) is 11.8 Å². The molecule has 0 amide bonds. The fourth-order valence-corrected chi connectivity index (χ4v) is 1.77. The summed E-state index contributed by atoms with van der Waals surface area (Å²) in [6, 6.07) is 0. The van der Waals surface area contributed by atoms with Crippen LogP contribution in [0.2, 0.25) is 0 Å². The Balaban J connectivity index is 2.93. The molecule has 0 aromatic carbocycles. The van der Waals surface area contributed by atoms with E-state index in [1.54, 1.807) is 13.8 Å². The third-order valence-corrected chi connectivity index (χ3v) is 2.18. The lowest BCUT2D eigenvalue weighted by Gasteiger charge is -2.37. The van der Waals surface area contributed by atoms with Crippen LogP contribution in [0.3, 0.4) is 0 Å². The largest absolute Gasteiger partial charge is 0.436 e. The second-order valence-corrected chi connectivity index (χ2v) is 3.77. The van der Waals surface area contributed by atoms with E-state index < -0.39 is 30.2 Å². The van der Waals surface area contributed by atoms with E-state index in [1.165, 1.54) is 0 Å². The lowest BCUT2D eigenvalue weighted by Crippen LogP contribution is -2.47. The van der Waals surface area contributed by atoms with Crippen molar-refractivity contribution in [2.24, 2.45) is 0 Å². The summed E-state index contributed by atoms with van der Waals surface area (Å²) >= 11 is 0. The number of hydrogen-bond acceptors (Lipinski definition) is 2. The van der Waals surface area contributed by atoms with Gasteiger partial charge in [0.15, 0.2) is 5.70 Å². The predicted molar refractivity (Wildman–Crippen MR) is 46.9 cm³/mol. The molecule has 0 saturated carbocycles. The zero-order valence-corrected chi connectivity index (χ0v) is 8.81. The van der Waals surface area contributed by atoms with Gasteiger partial charge in [-0.1, -0.05) is 0 Å². The second-order valence-electron chi connectivity index (χ2n) is 3.77. The van der Waals surface area contributed by atoms with Crippen molar-refractivity contribution in [2.75, 3.05) is 13.1 Å². The predicted octanol–water partition coefficient (Wildman–Crippen LogP) is 2.77. The van der Waals surface area contributed by atoms with Crippen molar-refractivity contribution in [1.29, 1.82) is 0 Å². The van der Waals surface area contributed by atoms with E-state index in [2.05, 4.69) is 0 Å². The first-order valence-corrected chi connectivity index (χ1v) is 4.74. The topological polar surface area (TPSA) is 12.5 Å². The monoisotopic (exact) mass is 245 g/mol. The van der Waals surface area contributed by atoms with Gasteiger partial charge in [0.25, 0.3) is 6.08 Å². The summed E-state index contributed by atoms with van der Waals surface area (Å²) in [5, 5.41) is 0. The van der Waals surface area contributed by atoms with Gasteiger partial charge in [0.2, 0.25) is 0 Å². The van der Waals surface area contributed by atoms with Gasteiger partial charge in [0, 0.05) is 13.1 Å². The first kappa shape index (κ1) is 13.2. The highest BCUT2D eigenvalue weighted by atomic mass is 19.4. The molecule has 0 N–H and O–H groups in total. The zero-order chi connectivity index (χ0) is 12.5. The molecule has 94 valence electrons. The molecule has 1 fully saturated rings. The maximum absolute atomic E-state index is 12.4. The summed E-state index contributed by atoms with van der Waals surface area (Å²) in [5.41, 5.74) is -1.85. The van der Waals surface area contributed by atoms with Crippen molar-refractivity contribution in [1.82, 2.24) is 4.90 Å². The van der Waals surface area contributed by atoms with Crippen molar-refractivity contribution in [3.63, 3.8) is 0 Å². The Hall–Kier alpha value is -0.850. The molecule has 1 heterocycles.